The molecule has 1 rings (SSSR count). The maximum atomic E-state index is 12.6. The van der Waals surface area contributed by atoms with Gasteiger partial charge in [0.15, 0.2) is 0 Å². The Balaban J connectivity index is 2.68. The third-order valence-corrected chi connectivity index (χ3v) is 5.25. The first kappa shape index (κ1) is 25.8. The van der Waals surface area contributed by atoms with Crippen LogP contribution in [0.3, 0.4) is 0 Å². The van der Waals surface area contributed by atoms with E-state index in [0.717, 1.165) is 30.6 Å². The van der Waals surface area contributed by atoms with E-state index in [1.165, 1.54) is 25.7 Å². The SMILES string of the molecule is CCCCCCCOc1ccc(CCC(CCCC)(NC(=O)O)C(=O)OCC)cc1. The molecule has 0 fully saturated rings. The van der Waals surface area contributed by atoms with Crippen molar-refractivity contribution in [3.63, 3.8) is 0 Å². The van der Waals surface area contributed by atoms with Gasteiger partial charge in [0, 0.05) is 0 Å². The molecule has 0 aliphatic heterocycles. The fourth-order valence-electron chi connectivity index (χ4n) is 3.46. The number of ether oxygens (including phenoxy) is 2. The predicted octanol–water partition coefficient (Wildman–Crippen LogP) is 5.73. The van der Waals surface area contributed by atoms with Crippen LogP contribution in [-0.4, -0.2) is 35.9 Å². The second-order valence-electron chi connectivity index (χ2n) is 7.74. The van der Waals surface area contributed by atoms with E-state index in [1.54, 1.807) is 6.92 Å². The summed E-state index contributed by atoms with van der Waals surface area (Å²) < 4.78 is 11.0. The minimum absolute atomic E-state index is 0.221. The van der Waals surface area contributed by atoms with Crippen molar-refractivity contribution in [2.75, 3.05) is 13.2 Å². The molecule has 1 aromatic carbocycles. The highest BCUT2D eigenvalue weighted by Crippen LogP contribution is 2.24. The van der Waals surface area contributed by atoms with Crippen molar-refractivity contribution in [3.05, 3.63) is 29.8 Å². The van der Waals surface area contributed by atoms with E-state index in [1.807, 2.05) is 31.2 Å². The molecule has 30 heavy (non-hydrogen) atoms. The fourth-order valence-corrected chi connectivity index (χ4v) is 3.46. The summed E-state index contributed by atoms with van der Waals surface area (Å²) in [6.07, 6.45) is 7.77. The Morgan fingerprint density at radius 1 is 0.933 bits per heavy atom. The zero-order valence-electron chi connectivity index (χ0n) is 18.9. The summed E-state index contributed by atoms with van der Waals surface area (Å²) >= 11 is 0. The summed E-state index contributed by atoms with van der Waals surface area (Å²) in [6, 6.07) is 7.82. The van der Waals surface area contributed by atoms with Gasteiger partial charge < -0.3 is 19.9 Å². The first-order valence-electron chi connectivity index (χ1n) is 11.4. The normalized spacial score (nSPS) is 12.8. The first-order valence-corrected chi connectivity index (χ1v) is 11.4. The van der Waals surface area contributed by atoms with Crippen molar-refractivity contribution >= 4 is 12.1 Å². The molecule has 2 N–H and O–H groups in total. The van der Waals surface area contributed by atoms with Crippen LogP contribution in [0.2, 0.25) is 0 Å². The number of esters is 1. The standard InChI is InChI=1S/C24H39NO5/c1-4-7-9-10-11-19-30-21-14-12-20(13-15-21)16-18-24(17-8-5-2,25-23(27)28)22(26)29-6-3/h12-15,25H,4-11,16-19H2,1-3H3,(H,27,28). The van der Waals surface area contributed by atoms with E-state index in [2.05, 4.69) is 12.2 Å². The maximum absolute atomic E-state index is 12.6. The van der Waals surface area contributed by atoms with Gasteiger partial charge in [-0.15, -0.1) is 0 Å². The number of hydrogen-bond acceptors (Lipinski definition) is 4. The minimum Gasteiger partial charge on any atom is -0.494 e. The van der Waals surface area contributed by atoms with Gasteiger partial charge >= 0.3 is 12.1 Å². The topological polar surface area (TPSA) is 84.9 Å². The molecule has 0 aliphatic carbocycles. The van der Waals surface area contributed by atoms with Crippen LogP contribution in [0.15, 0.2) is 24.3 Å². The van der Waals surface area contributed by atoms with Gasteiger partial charge in [0.05, 0.1) is 13.2 Å². The molecule has 0 bridgehead atoms. The van der Waals surface area contributed by atoms with Gasteiger partial charge in [0.2, 0.25) is 0 Å². The van der Waals surface area contributed by atoms with Crippen LogP contribution >= 0.6 is 0 Å². The van der Waals surface area contributed by atoms with Crippen LogP contribution in [-0.2, 0) is 16.0 Å². The van der Waals surface area contributed by atoms with Crippen molar-refractivity contribution in [1.82, 2.24) is 5.32 Å². The lowest BCUT2D eigenvalue weighted by molar-refractivity contribution is -0.151. The molecule has 6 nitrogen and oxygen atoms in total. The third kappa shape index (κ3) is 9.51. The number of benzene rings is 1. The van der Waals surface area contributed by atoms with Crippen LogP contribution < -0.4 is 10.1 Å². The van der Waals surface area contributed by atoms with Crippen molar-refractivity contribution in [2.45, 2.75) is 90.5 Å². The number of amides is 1. The van der Waals surface area contributed by atoms with Crippen molar-refractivity contribution in [1.29, 1.82) is 0 Å². The Labute approximate surface area is 181 Å². The van der Waals surface area contributed by atoms with Crippen LogP contribution in [0.25, 0.3) is 0 Å². The van der Waals surface area contributed by atoms with Gasteiger partial charge in [-0.2, -0.15) is 0 Å². The third-order valence-electron chi connectivity index (χ3n) is 5.25. The molecule has 0 aliphatic rings. The number of unbranched alkanes of at least 4 members (excludes halogenated alkanes) is 5. The van der Waals surface area contributed by atoms with Gasteiger partial charge in [0.25, 0.3) is 0 Å². The second-order valence-corrected chi connectivity index (χ2v) is 7.74. The molecule has 0 radical (unpaired) electrons. The van der Waals surface area contributed by atoms with Crippen LogP contribution in [0.4, 0.5) is 4.79 Å². The summed E-state index contributed by atoms with van der Waals surface area (Å²) in [5, 5.41) is 11.8. The molecule has 1 aromatic rings. The van der Waals surface area contributed by atoms with Crippen LogP contribution in [0.5, 0.6) is 5.75 Å². The van der Waals surface area contributed by atoms with Gasteiger partial charge in [-0.25, -0.2) is 9.59 Å². The Morgan fingerprint density at radius 3 is 2.20 bits per heavy atom. The van der Waals surface area contributed by atoms with E-state index in [4.69, 9.17) is 9.47 Å². The largest absolute Gasteiger partial charge is 0.494 e. The highest BCUT2D eigenvalue weighted by Gasteiger charge is 2.40. The highest BCUT2D eigenvalue weighted by atomic mass is 16.5. The van der Waals surface area contributed by atoms with E-state index in [9.17, 15) is 14.7 Å². The van der Waals surface area contributed by atoms with E-state index in [0.29, 0.717) is 25.9 Å². The summed E-state index contributed by atoms with van der Waals surface area (Å²) in [5.74, 6) is 0.337. The zero-order chi connectivity index (χ0) is 22.2. The molecule has 0 saturated carbocycles. The minimum atomic E-state index is -1.22. The lowest BCUT2D eigenvalue weighted by Crippen LogP contribution is -2.55. The molecule has 0 spiro atoms. The first-order chi connectivity index (χ1) is 14.5. The Hall–Kier alpha value is -2.24. The molecule has 6 heteroatoms. The molecule has 1 amide bonds. The number of hydrogen-bond donors (Lipinski definition) is 2. The molecular formula is C24H39NO5. The van der Waals surface area contributed by atoms with Gasteiger partial charge in [-0.3, -0.25) is 0 Å². The molecule has 0 saturated heterocycles. The number of carbonyl (C=O) groups excluding carboxylic acids is 1. The Kier molecular flexibility index (Phi) is 12.6. The molecule has 1 unspecified atom stereocenters. The summed E-state index contributed by atoms with van der Waals surface area (Å²) in [5.41, 5.74) is -0.187. The van der Waals surface area contributed by atoms with Gasteiger partial charge in [0.1, 0.15) is 11.3 Å². The number of aryl methyl sites for hydroxylation is 1. The monoisotopic (exact) mass is 421 g/mol. The fraction of sp³-hybridized carbons (Fsp3) is 0.667. The number of nitrogens with one attached hydrogen (secondary N) is 1. The molecule has 170 valence electrons. The predicted molar refractivity (Wildman–Crippen MR) is 119 cm³/mol. The smallest absolute Gasteiger partial charge is 0.405 e. The van der Waals surface area contributed by atoms with Crippen molar-refractivity contribution in [2.24, 2.45) is 0 Å². The van der Waals surface area contributed by atoms with Crippen LogP contribution in [0.1, 0.15) is 84.1 Å². The number of rotatable bonds is 16. The lowest BCUT2D eigenvalue weighted by Gasteiger charge is -2.31. The lowest BCUT2D eigenvalue weighted by atomic mass is 9.86. The summed E-state index contributed by atoms with van der Waals surface area (Å²) in [4.78, 5) is 24.0. The molecular weight excluding hydrogens is 382 g/mol. The van der Waals surface area contributed by atoms with Crippen molar-refractivity contribution < 1.29 is 24.2 Å². The number of carboxylic acid groups (broad SMARTS) is 1. The van der Waals surface area contributed by atoms with E-state index >= 15 is 0 Å². The summed E-state index contributed by atoms with van der Waals surface area (Å²) in [6.45, 7) is 6.88. The summed E-state index contributed by atoms with van der Waals surface area (Å²) in [7, 11) is 0. The van der Waals surface area contributed by atoms with Gasteiger partial charge in [-0.1, -0.05) is 64.5 Å². The second kappa shape index (κ2) is 14.7. The molecule has 0 aromatic heterocycles. The zero-order valence-corrected chi connectivity index (χ0v) is 18.9. The van der Waals surface area contributed by atoms with E-state index in [-0.39, 0.29) is 6.61 Å². The van der Waals surface area contributed by atoms with Crippen LogP contribution in [0, 0.1) is 0 Å². The highest BCUT2D eigenvalue weighted by molar-refractivity contribution is 5.85. The van der Waals surface area contributed by atoms with E-state index < -0.39 is 17.6 Å². The average molecular weight is 422 g/mol. The number of carbonyl (C=O) groups is 2. The molecule has 0 heterocycles. The quantitative estimate of drug-likeness (QED) is 0.263. The molecule has 1 atom stereocenters. The van der Waals surface area contributed by atoms with Gasteiger partial charge in [-0.05, 0) is 50.3 Å². The maximum Gasteiger partial charge on any atom is 0.405 e. The Bertz CT molecular complexity index is 617. The average Bonchev–Trinajstić information content (AvgIpc) is 2.73. The Morgan fingerprint density at radius 2 is 1.60 bits per heavy atom. The van der Waals surface area contributed by atoms with Crippen molar-refractivity contribution in [3.8, 4) is 5.75 Å².